The van der Waals surface area contributed by atoms with E-state index in [-0.39, 0.29) is 29.6 Å². The van der Waals surface area contributed by atoms with Crippen LogP contribution < -0.4 is 29.6 Å². The van der Waals surface area contributed by atoms with Gasteiger partial charge in [0.05, 0.1) is 0 Å². The maximum atomic E-state index is 12.6. The number of halogens is 7. The predicted octanol–water partition coefficient (Wildman–Crippen LogP) is -0.317. The SMILES string of the molecule is N#CC(C#N)=C(O)C(F)(F)C(F)(F)C(F)(F)F.[Na+]. The molecule has 0 saturated carbocycles. The van der Waals surface area contributed by atoms with Gasteiger partial charge in [0.1, 0.15) is 12.1 Å². The number of nitrogens with zero attached hydrogens (tertiary/aromatic N) is 2. The number of nitriles is 2. The molecule has 0 rings (SSSR count). The molecule has 18 heavy (non-hydrogen) atoms. The molecule has 0 aromatic heterocycles. The van der Waals surface area contributed by atoms with Crippen LogP contribution in [-0.4, -0.2) is 23.1 Å². The Balaban J connectivity index is 0. The molecule has 0 aliphatic heterocycles. The molecule has 0 aromatic carbocycles. The Kier molecular flexibility index (Phi) is 6.22. The van der Waals surface area contributed by atoms with Gasteiger partial charge in [-0.1, -0.05) is 0 Å². The molecule has 0 unspecified atom stereocenters. The van der Waals surface area contributed by atoms with Crippen molar-refractivity contribution in [2.24, 2.45) is 0 Å². The molecule has 1 N–H and O–H groups in total. The number of alkyl halides is 7. The van der Waals surface area contributed by atoms with Gasteiger partial charge in [-0.3, -0.25) is 0 Å². The van der Waals surface area contributed by atoms with Crippen LogP contribution in [0.1, 0.15) is 0 Å². The van der Waals surface area contributed by atoms with E-state index < -0.39 is 29.4 Å². The first-order valence-corrected chi connectivity index (χ1v) is 3.49. The van der Waals surface area contributed by atoms with Crippen molar-refractivity contribution in [3.63, 3.8) is 0 Å². The average Bonchev–Trinajstić information content (AvgIpc) is 2.17. The van der Waals surface area contributed by atoms with Crippen LogP contribution in [0.15, 0.2) is 11.3 Å². The number of aliphatic hydroxyl groups is 1. The third-order valence-corrected chi connectivity index (χ3v) is 1.51. The van der Waals surface area contributed by atoms with Gasteiger partial charge in [-0.2, -0.15) is 41.3 Å². The van der Waals surface area contributed by atoms with E-state index in [4.69, 9.17) is 15.6 Å². The van der Waals surface area contributed by atoms with Crippen molar-refractivity contribution < 1.29 is 65.4 Å². The van der Waals surface area contributed by atoms with Crippen molar-refractivity contribution in [3.8, 4) is 12.1 Å². The van der Waals surface area contributed by atoms with Crippen LogP contribution in [0.5, 0.6) is 0 Å². The fraction of sp³-hybridized carbons (Fsp3) is 0.429. The molecule has 0 fully saturated rings. The number of aliphatic hydroxyl groups excluding tert-OH is 1. The molecule has 0 atom stereocenters. The summed E-state index contributed by atoms with van der Waals surface area (Å²) in [6.07, 6.45) is -6.65. The van der Waals surface area contributed by atoms with E-state index in [9.17, 15) is 30.7 Å². The third kappa shape index (κ3) is 3.07. The topological polar surface area (TPSA) is 67.8 Å². The van der Waals surface area contributed by atoms with Crippen molar-refractivity contribution in [1.82, 2.24) is 0 Å². The normalized spacial score (nSPS) is 11.8. The molecule has 0 radical (unpaired) electrons. The minimum absolute atomic E-state index is 0. The summed E-state index contributed by atoms with van der Waals surface area (Å²) >= 11 is 0. The number of hydrogen-bond acceptors (Lipinski definition) is 3. The summed E-state index contributed by atoms with van der Waals surface area (Å²) in [6.45, 7) is 0. The number of rotatable bonds is 2. The molecule has 0 aliphatic carbocycles. The predicted molar refractivity (Wildman–Crippen MR) is 36.8 cm³/mol. The second kappa shape index (κ2) is 5.78. The Morgan fingerprint density at radius 2 is 1.22 bits per heavy atom. The summed E-state index contributed by atoms with van der Waals surface area (Å²) in [7, 11) is 0. The maximum Gasteiger partial charge on any atom is 1.00 e. The van der Waals surface area contributed by atoms with Gasteiger partial charge in [0.25, 0.3) is 0 Å². The van der Waals surface area contributed by atoms with Crippen molar-refractivity contribution in [1.29, 1.82) is 10.5 Å². The molecule has 11 heteroatoms. The summed E-state index contributed by atoms with van der Waals surface area (Å²) < 4.78 is 84.8. The number of hydrogen-bond donors (Lipinski definition) is 1. The minimum Gasteiger partial charge on any atom is -0.505 e. The van der Waals surface area contributed by atoms with Crippen LogP contribution in [0.4, 0.5) is 30.7 Å². The van der Waals surface area contributed by atoms with E-state index in [2.05, 4.69) is 0 Å². The molecule has 0 amide bonds. The van der Waals surface area contributed by atoms with Crippen LogP contribution in [0, 0.1) is 22.7 Å². The molecule has 0 spiro atoms. The third-order valence-electron chi connectivity index (χ3n) is 1.51. The van der Waals surface area contributed by atoms with Crippen molar-refractivity contribution in [2.45, 2.75) is 18.0 Å². The maximum absolute atomic E-state index is 12.6. The zero-order chi connectivity index (χ0) is 14.1. The second-order valence-electron chi connectivity index (χ2n) is 2.59. The van der Waals surface area contributed by atoms with Crippen LogP contribution in [0.25, 0.3) is 0 Å². The quantitative estimate of drug-likeness (QED) is 0.327. The molecular weight excluding hydrogens is 284 g/mol. The first-order chi connectivity index (χ1) is 7.43. The van der Waals surface area contributed by atoms with E-state index in [1.54, 1.807) is 0 Å². The first kappa shape index (κ1) is 19.4. The van der Waals surface area contributed by atoms with Gasteiger partial charge < -0.3 is 5.11 Å². The Bertz CT molecular complexity index is 413. The van der Waals surface area contributed by atoms with Gasteiger partial charge in [0.15, 0.2) is 11.3 Å². The standard InChI is InChI=1S/C7HF7N2O.Na/c8-5(9,4(17)3(1-15)2-16)6(10,11)7(12,13)14;/h17H;/q;+1. The summed E-state index contributed by atoms with van der Waals surface area (Å²) in [6, 6.07) is 1.14. The van der Waals surface area contributed by atoms with Gasteiger partial charge in [0.2, 0.25) is 0 Å². The second-order valence-corrected chi connectivity index (χ2v) is 2.59. The molecule has 0 bridgehead atoms. The minimum atomic E-state index is -6.65. The Morgan fingerprint density at radius 3 is 1.44 bits per heavy atom. The van der Waals surface area contributed by atoms with Gasteiger partial charge in [-0.05, 0) is 0 Å². The Labute approximate surface area is 117 Å². The number of allylic oxidation sites excluding steroid dienone is 2. The summed E-state index contributed by atoms with van der Waals surface area (Å²) in [5.74, 6) is -15.6. The summed E-state index contributed by atoms with van der Waals surface area (Å²) in [4.78, 5) is 0. The van der Waals surface area contributed by atoms with E-state index >= 15 is 0 Å². The Morgan fingerprint density at radius 1 is 0.889 bits per heavy atom. The fourth-order valence-corrected chi connectivity index (χ4v) is 0.615. The van der Waals surface area contributed by atoms with Crippen LogP contribution >= 0.6 is 0 Å². The van der Waals surface area contributed by atoms with Gasteiger partial charge in [-0.25, -0.2) is 0 Å². The molecule has 0 heterocycles. The summed E-state index contributed by atoms with van der Waals surface area (Å²) in [5, 5.41) is 24.4. The zero-order valence-electron chi connectivity index (χ0n) is 8.49. The molecular formula is C7HF7N2NaO+. The molecule has 3 nitrogen and oxygen atoms in total. The monoisotopic (exact) mass is 285 g/mol. The largest absolute Gasteiger partial charge is 1.00 e. The van der Waals surface area contributed by atoms with Crippen molar-refractivity contribution in [3.05, 3.63) is 11.3 Å². The van der Waals surface area contributed by atoms with Crippen LogP contribution in [0.2, 0.25) is 0 Å². The van der Waals surface area contributed by atoms with Gasteiger partial charge >= 0.3 is 47.6 Å². The molecule has 0 saturated heterocycles. The van der Waals surface area contributed by atoms with Crippen molar-refractivity contribution in [2.75, 3.05) is 0 Å². The smallest absolute Gasteiger partial charge is 0.505 e. The Hall–Kier alpha value is -0.970. The van der Waals surface area contributed by atoms with Crippen molar-refractivity contribution >= 4 is 0 Å². The molecule has 0 aromatic rings. The van der Waals surface area contributed by atoms with Crippen LogP contribution in [0.3, 0.4) is 0 Å². The summed E-state index contributed by atoms with van der Waals surface area (Å²) in [5.41, 5.74) is -1.93. The molecule has 0 aliphatic rings. The van der Waals surface area contributed by atoms with Gasteiger partial charge in [0, 0.05) is 0 Å². The fourth-order valence-electron chi connectivity index (χ4n) is 0.615. The van der Waals surface area contributed by atoms with E-state index in [1.807, 2.05) is 0 Å². The zero-order valence-corrected chi connectivity index (χ0v) is 10.5. The van der Waals surface area contributed by atoms with Crippen LogP contribution in [-0.2, 0) is 0 Å². The average molecular weight is 285 g/mol. The van der Waals surface area contributed by atoms with E-state index in [0.717, 1.165) is 0 Å². The van der Waals surface area contributed by atoms with Gasteiger partial charge in [-0.15, -0.1) is 0 Å². The molecule has 94 valence electrons. The van der Waals surface area contributed by atoms with E-state index in [0.29, 0.717) is 12.1 Å². The first-order valence-electron chi connectivity index (χ1n) is 3.49. The van der Waals surface area contributed by atoms with E-state index in [1.165, 1.54) is 0 Å².